The number of hydrogen-bond acceptors (Lipinski definition) is 5. The Kier molecular flexibility index (Phi) is 8.87. The van der Waals surface area contributed by atoms with Crippen LogP contribution in [0.5, 0.6) is 5.75 Å². The van der Waals surface area contributed by atoms with Crippen molar-refractivity contribution in [3.63, 3.8) is 0 Å². The Labute approximate surface area is 180 Å². The number of Topliss-reactive ketones (excluding diaryl/α,β-unsaturated/α-hetero) is 1. The van der Waals surface area contributed by atoms with Gasteiger partial charge in [-0.25, -0.2) is 0 Å². The molecule has 1 aliphatic rings. The summed E-state index contributed by atoms with van der Waals surface area (Å²) in [4.78, 5) is 13.6. The third-order valence-electron chi connectivity index (χ3n) is 5.61. The molecule has 3 rings (SSSR count). The minimum absolute atomic E-state index is 0.202. The molecule has 2 N–H and O–H groups in total. The maximum atomic E-state index is 11.1. The quantitative estimate of drug-likeness (QED) is 0.596. The van der Waals surface area contributed by atoms with Crippen LogP contribution in [-0.4, -0.2) is 54.2 Å². The van der Waals surface area contributed by atoms with Gasteiger partial charge in [0.25, 0.3) is 0 Å². The molecule has 0 aromatic heterocycles. The Balaban J connectivity index is 1.29. The second kappa shape index (κ2) is 11.8. The zero-order valence-electron chi connectivity index (χ0n) is 17.9. The topological polar surface area (TPSA) is 61.8 Å². The van der Waals surface area contributed by atoms with E-state index in [0.29, 0.717) is 19.0 Å². The summed E-state index contributed by atoms with van der Waals surface area (Å²) in [5.74, 6) is 0.947. The highest BCUT2D eigenvalue weighted by Crippen LogP contribution is 2.15. The van der Waals surface area contributed by atoms with Crippen molar-refractivity contribution in [2.24, 2.45) is 0 Å². The molecule has 0 bridgehead atoms. The Morgan fingerprint density at radius 1 is 1.10 bits per heavy atom. The van der Waals surface area contributed by atoms with E-state index in [0.717, 1.165) is 50.2 Å². The first-order valence-corrected chi connectivity index (χ1v) is 11.0. The van der Waals surface area contributed by atoms with Gasteiger partial charge >= 0.3 is 0 Å². The van der Waals surface area contributed by atoms with E-state index in [1.165, 1.54) is 5.56 Å². The number of hydrogen-bond donors (Lipinski definition) is 2. The van der Waals surface area contributed by atoms with Crippen LogP contribution in [0.2, 0.25) is 0 Å². The fourth-order valence-electron chi connectivity index (χ4n) is 3.76. The van der Waals surface area contributed by atoms with E-state index in [2.05, 4.69) is 40.5 Å². The molecule has 1 saturated heterocycles. The van der Waals surface area contributed by atoms with Crippen molar-refractivity contribution in [2.75, 3.05) is 26.2 Å². The SMILES string of the molecule is CC(=O)CCc1ccc(OC[C@@H](O)CNC2CCN(Cc3ccccc3)CC2)cc1. The first-order chi connectivity index (χ1) is 14.6. The summed E-state index contributed by atoms with van der Waals surface area (Å²) in [6.45, 7) is 5.59. The van der Waals surface area contributed by atoms with Gasteiger partial charge in [0, 0.05) is 25.6 Å². The number of aryl methyl sites for hydroxylation is 1. The molecule has 2 aromatic rings. The van der Waals surface area contributed by atoms with Gasteiger partial charge in [-0.1, -0.05) is 42.5 Å². The maximum absolute atomic E-state index is 11.1. The maximum Gasteiger partial charge on any atom is 0.130 e. The van der Waals surface area contributed by atoms with Gasteiger partial charge in [0.15, 0.2) is 0 Å². The standard InChI is InChI=1S/C25H34N2O3/c1-20(28)7-8-21-9-11-25(12-10-21)30-19-24(29)17-26-23-13-15-27(16-14-23)18-22-5-3-2-4-6-22/h2-6,9-12,23-24,26,29H,7-8,13-19H2,1H3/t24-/m0/s1. The number of aliphatic hydroxyl groups excluding tert-OH is 1. The zero-order chi connectivity index (χ0) is 21.2. The molecule has 1 heterocycles. The fraction of sp³-hybridized carbons (Fsp3) is 0.480. The minimum atomic E-state index is -0.537. The van der Waals surface area contributed by atoms with Gasteiger partial charge in [-0.15, -0.1) is 0 Å². The van der Waals surface area contributed by atoms with Gasteiger partial charge in [0.05, 0.1) is 0 Å². The number of ether oxygens (including phenoxy) is 1. The lowest BCUT2D eigenvalue weighted by atomic mass is 10.0. The first-order valence-electron chi connectivity index (χ1n) is 11.0. The molecule has 0 aliphatic carbocycles. The van der Waals surface area contributed by atoms with Gasteiger partial charge in [-0.05, 0) is 62.5 Å². The lowest BCUT2D eigenvalue weighted by Gasteiger charge is -2.33. The lowest BCUT2D eigenvalue weighted by molar-refractivity contribution is -0.116. The van der Waals surface area contributed by atoms with Crippen molar-refractivity contribution >= 4 is 5.78 Å². The number of ketones is 1. The number of nitrogens with zero attached hydrogens (tertiary/aromatic N) is 1. The van der Waals surface area contributed by atoms with Crippen LogP contribution in [0.4, 0.5) is 0 Å². The third-order valence-corrected chi connectivity index (χ3v) is 5.61. The highest BCUT2D eigenvalue weighted by atomic mass is 16.5. The van der Waals surface area contributed by atoms with Crippen molar-refractivity contribution in [2.45, 2.75) is 51.3 Å². The lowest BCUT2D eigenvalue weighted by Crippen LogP contribution is -2.45. The van der Waals surface area contributed by atoms with E-state index in [4.69, 9.17) is 4.74 Å². The van der Waals surface area contributed by atoms with Gasteiger partial charge in [0.2, 0.25) is 0 Å². The summed E-state index contributed by atoms with van der Waals surface area (Å²) in [7, 11) is 0. The largest absolute Gasteiger partial charge is 0.491 e. The van der Waals surface area contributed by atoms with E-state index in [-0.39, 0.29) is 12.4 Å². The molecular formula is C25H34N2O3. The minimum Gasteiger partial charge on any atom is -0.491 e. The van der Waals surface area contributed by atoms with Crippen LogP contribution >= 0.6 is 0 Å². The monoisotopic (exact) mass is 410 g/mol. The molecule has 1 fully saturated rings. The Hall–Kier alpha value is -2.21. The second-order valence-corrected chi connectivity index (χ2v) is 8.26. The van der Waals surface area contributed by atoms with Crippen LogP contribution in [0, 0.1) is 0 Å². The predicted octanol–water partition coefficient (Wildman–Crippen LogP) is 3.20. The molecule has 30 heavy (non-hydrogen) atoms. The van der Waals surface area contributed by atoms with Crippen LogP contribution in [0.25, 0.3) is 0 Å². The number of benzene rings is 2. The molecule has 0 unspecified atom stereocenters. The van der Waals surface area contributed by atoms with E-state index in [1.54, 1.807) is 6.92 Å². The van der Waals surface area contributed by atoms with E-state index in [9.17, 15) is 9.90 Å². The van der Waals surface area contributed by atoms with E-state index < -0.39 is 6.10 Å². The average molecular weight is 411 g/mol. The van der Waals surface area contributed by atoms with Crippen molar-refractivity contribution in [3.8, 4) is 5.75 Å². The molecular weight excluding hydrogens is 376 g/mol. The van der Waals surface area contributed by atoms with E-state index in [1.807, 2.05) is 24.3 Å². The summed E-state index contributed by atoms with van der Waals surface area (Å²) in [6, 6.07) is 18.8. The number of piperidine rings is 1. The highest BCUT2D eigenvalue weighted by Gasteiger charge is 2.19. The van der Waals surface area contributed by atoms with Crippen molar-refractivity contribution in [1.29, 1.82) is 0 Å². The Morgan fingerprint density at radius 3 is 2.47 bits per heavy atom. The number of aliphatic hydroxyl groups is 1. The summed E-state index contributed by atoms with van der Waals surface area (Å²) in [5, 5.41) is 13.7. The number of carbonyl (C=O) groups excluding carboxylic acids is 1. The normalized spacial score (nSPS) is 16.3. The number of rotatable bonds is 11. The summed E-state index contributed by atoms with van der Waals surface area (Å²) < 4.78 is 5.71. The zero-order valence-corrected chi connectivity index (χ0v) is 17.9. The fourth-order valence-corrected chi connectivity index (χ4v) is 3.76. The molecule has 1 aliphatic heterocycles. The molecule has 2 aromatic carbocycles. The van der Waals surface area contributed by atoms with Crippen molar-refractivity contribution in [1.82, 2.24) is 10.2 Å². The summed E-state index contributed by atoms with van der Waals surface area (Å²) in [5.41, 5.74) is 2.49. The molecule has 0 radical (unpaired) electrons. The smallest absolute Gasteiger partial charge is 0.130 e. The number of likely N-dealkylation sites (tertiary alicyclic amines) is 1. The molecule has 0 amide bonds. The van der Waals surface area contributed by atoms with Crippen LogP contribution in [-0.2, 0) is 17.8 Å². The first kappa shape index (κ1) is 22.5. The molecule has 5 heteroatoms. The third kappa shape index (κ3) is 7.90. The summed E-state index contributed by atoms with van der Waals surface area (Å²) >= 11 is 0. The van der Waals surface area contributed by atoms with Crippen LogP contribution in [0.15, 0.2) is 54.6 Å². The summed E-state index contributed by atoms with van der Waals surface area (Å²) in [6.07, 6.45) is 2.98. The van der Waals surface area contributed by atoms with Gasteiger partial charge in [0.1, 0.15) is 24.2 Å². The van der Waals surface area contributed by atoms with Gasteiger partial charge in [-0.3, -0.25) is 4.90 Å². The Morgan fingerprint density at radius 2 is 1.80 bits per heavy atom. The van der Waals surface area contributed by atoms with Crippen LogP contribution < -0.4 is 10.1 Å². The van der Waals surface area contributed by atoms with Gasteiger partial charge in [-0.2, -0.15) is 0 Å². The molecule has 1 atom stereocenters. The van der Waals surface area contributed by atoms with Crippen LogP contribution in [0.1, 0.15) is 37.3 Å². The Bertz CT molecular complexity index is 756. The number of carbonyl (C=O) groups is 1. The molecule has 0 saturated carbocycles. The van der Waals surface area contributed by atoms with E-state index >= 15 is 0 Å². The predicted molar refractivity (Wildman–Crippen MR) is 120 cm³/mol. The molecule has 162 valence electrons. The van der Waals surface area contributed by atoms with Crippen molar-refractivity contribution in [3.05, 3.63) is 65.7 Å². The van der Waals surface area contributed by atoms with Crippen LogP contribution in [0.3, 0.4) is 0 Å². The highest BCUT2D eigenvalue weighted by molar-refractivity contribution is 5.75. The second-order valence-electron chi connectivity index (χ2n) is 8.26. The van der Waals surface area contributed by atoms with Crippen molar-refractivity contribution < 1.29 is 14.6 Å². The molecule has 5 nitrogen and oxygen atoms in total. The number of nitrogens with one attached hydrogen (secondary N) is 1. The van der Waals surface area contributed by atoms with Gasteiger partial charge < -0.3 is 20.0 Å². The molecule has 0 spiro atoms. The average Bonchev–Trinajstić information content (AvgIpc) is 2.77.